The lowest BCUT2D eigenvalue weighted by Crippen LogP contribution is -2.37. The number of aromatic nitrogens is 3. The first-order valence-corrected chi connectivity index (χ1v) is 6.31. The van der Waals surface area contributed by atoms with Crippen LogP contribution in [0.25, 0.3) is 11.0 Å². The Labute approximate surface area is 114 Å². The van der Waals surface area contributed by atoms with Gasteiger partial charge in [0.05, 0.1) is 23.8 Å². The maximum Gasteiger partial charge on any atom is 0.225 e. The highest BCUT2D eigenvalue weighted by Gasteiger charge is 2.17. The van der Waals surface area contributed by atoms with Gasteiger partial charge in [0, 0.05) is 19.3 Å². The molecule has 0 radical (unpaired) electrons. The normalized spacial score (nSPS) is 16.2. The van der Waals surface area contributed by atoms with Crippen molar-refractivity contribution in [2.24, 2.45) is 0 Å². The third-order valence-electron chi connectivity index (χ3n) is 2.77. The molecule has 0 amide bonds. The van der Waals surface area contributed by atoms with Crippen molar-refractivity contribution in [2.75, 3.05) is 31.2 Å². The summed E-state index contributed by atoms with van der Waals surface area (Å²) in [6.07, 6.45) is 1.59. The summed E-state index contributed by atoms with van der Waals surface area (Å²) in [4.78, 5) is 14.8. The van der Waals surface area contributed by atoms with Crippen molar-refractivity contribution in [3.05, 3.63) is 22.6 Å². The second-order valence-electron chi connectivity index (χ2n) is 3.94. The van der Waals surface area contributed by atoms with Gasteiger partial charge in [0.15, 0.2) is 5.82 Å². The predicted octanol–water partition coefficient (Wildman–Crippen LogP) is 2.17. The second-order valence-corrected chi connectivity index (χ2v) is 4.71. The van der Waals surface area contributed by atoms with Crippen molar-refractivity contribution in [3.63, 3.8) is 0 Å². The zero-order chi connectivity index (χ0) is 12.5. The Morgan fingerprint density at radius 2 is 1.94 bits per heavy atom. The number of pyridine rings is 1. The molecule has 1 aliphatic heterocycles. The van der Waals surface area contributed by atoms with Gasteiger partial charge in [-0.15, -0.1) is 0 Å². The first-order valence-electron chi connectivity index (χ1n) is 5.55. The monoisotopic (exact) mass is 284 g/mol. The smallest absolute Gasteiger partial charge is 0.225 e. The van der Waals surface area contributed by atoms with E-state index >= 15 is 0 Å². The number of rotatable bonds is 1. The molecule has 0 aliphatic carbocycles. The van der Waals surface area contributed by atoms with Gasteiger partial charge in [0.2, 0.25) is 5.28 Å². The number of fused-ring (bicyclic) bond motifs is 1. The minimum Gasteiger partial charge on any atom is -0.378 e. The van der Waals surface area contributed by atoms with Crippen LogP contribution in [-0.2, 0) is 4.74 Å². The van der Waals surface area contributed by atoms with Crippen LogP contribution in [0.5, 0.6) is 0 Å². The van der Waals surface area contributed by atoms with E-state index in [0.29, 0.717) is 29.3 Å². The summed E-state index contributed by atoms with van der Waals surface area (Å²) in [6.45, 7) is 2.90. The maximum atomic E-state index is 5.94. The molecule has 2 aromatic rings. The second kappa shape index (κ2) is 4.84. The molecular weight excluding hydrogens is 275 g/mol. The standard InChI is InChI=1S/C11H10Cl2N4O/c12-7-5-8-9(14-6-7)10(16-11(13)15-8)17-1-3-18-4-2-17/h5-6H,1-4H2. The molecular formula is C11H10Cl2N4O. The molecule has 1 aliphatic rings. The van der Waals surface area contributed by atoms with Gasteiger partial charge < -0.3 is 9.64 Å². The van der Waals surface area contributed by atoms with Gasteiger partial charge in [0.1, 0.15) is 5.52 Å². The number of halogens is 2. The van der Waals surface area contributed by atoms with Crippen LogP contribution in [0.3, 0.4) is 0 Å². The van der Waals surface area contributed by atoms with Crippen molar-refractivity contribution in [1.82, 2.24) is 15.0 Å². The average Bonchev–Trinajstić information content (AvgIpc) is 2.38. The van der Waals surface area contributed by atoms with Gasteiger partial charge in [-0.1, -0.05) is 11.6 Å². The van der Waals surface area contributed by atoms with Crippen LogP contribution in [0.15, 0.2) is 12.3 Å². The lowest BCUT2D eigenvalue weighted by Gasteiger charge is -2.28. The highest BCUT2D eigenvalue weighted by Crippen LogP contribution is 2.25. The lowest BCUT2D eigenvalue weighted by atomic mass is 10.3. The molecule has 7 heteroatoms. The third-order valence-corrected chi connectivity index (χ3v) is 3.14. The van der Waals surface area contributed by atoms with E-state index in [1.54, 1.807) is 12.3 Å². The summed E-state index contributed by atoms with van der Waals surface area (Å²) < 4.78 is 5.32. The Morgan fingerprint density at radius 1 is 1.17 bits per heavy atom. The Hall–Kier alpha value is -1.17. The first kappa shape index (κ1) is 11.9. The van der Waals surface area contributed by atoms with Gasteiger partial charge in [-0.2, -0.15) is 4.98 Å². The minimum absolute atomic E-state index is 0.202. The van der Waals surface area contributed by atoms with E-state index in [0.717, 1.165) is 18.9 Å². The summed E-state index contributed by atoms with van der Waals surface area (Å²) in [5.41, 5.74) is 1.37. The van der Waals surface area contributed by atoms with Crippen molar-refractivity contribution in [3.8, 4) is 0 Å². The molecule has 1 saturated heterocycles. The molecule has 3 heterocycles. The molecule has 0 N–H and O–H groups in total. The highest BCUT2D eigenvalue weighted by molar-refractivity contribution is 6.31. The zero-order valence-corrected chi connectivity index (χ0v) is 10.9. The van der Waals surface area contributed by atoms with Gasteiger partial charge in [-0.05, 0) is 17.7 Å². The van der Waals surface area contributed by atoms with Gasteiger partial charge in [0.25, 0.3) is 0 Å². The number of ether oxygens (including phenoxy) is 1. The van der Waals surface area contributed by atoms with E-state index in [4.69, 9.17) is 27.9 Å². The van der Waals surface area contributed by atoms with Crippen molar-refractivity contribution < 1.29 is 4.74 Å². The first-order chi connectivity index (χ1) is 8.74. The summed E-state index contributed by atoms with van der Waals surface area (Å²) in [7, 11) is 0. The van der Waals surface area contributed by atoms with Gasteiger partial charge in [-0.25, -0.2) is 9.97 Å². The van der Waals surface area contributed by atoms with E-state index in [1.807, 2.05) is 0 Å². The van der Waals surface area contributed by atoms with E-state index < -0.39 is 0 Å². The number of morpholine rings is 1. The predicted molar refractivity (Wildman–Crippen MR) is 70.4 cm³/mol. The van der Waals surface area contributed by atoms with Crippen molar-refractivity contribution in [2.45, 2.75) is 0 Å². The molecule has 3 rings (SSSR count). The quantitative estimate of drug-likeness (QED) is 0.752. The molecule has 0 spiro atoms. The Bertz CT molecular complexity index is 581. The maximum absolute atomic E-state index is 5.94. The summed E-state index contributed by atoms with van der Waals surface area (Å²) in [5.74, 6) is 0.741. The van der Waals surface area contributed by atoms with Crippen LogP contribution < -0.4 is 4.90 Å². The summed E-state index contributed by atoms with van der Waals surface area (Å²) in [6, 6.07) is 1.74. The fourth-order valence-corrected chi connectivity index (χ4v) is 2.27. The van der Waals surface area contributed by atoms with E-state index in [2.05, 4.69) is 19.9 Å². The summed E-state index contributed by atoms with van der Waals surface area (Å²) in [5, 5.41) is 0.734. The molecule has 0 saturated carbocycles. The number of hydrogen-bond donors (Lipinski definition) is 0. The van der Waals surface area contributed by atoms with Crippen LogP contribution >= 0.6 is 23.2 Å². The van der Waals surface area contributed by atoms with E-state index in [9.17, 15) is 0 Å². The molecule has 18 heavy (non-hydrogen) atoms. The molecule has 0 atom stereocenters. The Morgan fingerprint density at radius 3 is 2.72 bits per heavy atom. The van der Waals surface area contributed by atoms with Crippen molar-refractivity contribution >= 4 is 40.1 Å². The van der Waals surface area contributed by atoms with Crippen LogP contribution in [0.4, 0.5) is 5.82 Å². The molecule has 0 unspecified atom stereocenters. The fraction of sp³-hybridized carbons (Fsp3) is 0.364. The molecule has 1 fully saturated rings. The lowest BCUT2D eigenvalue weighted by molar-refractivity contribution is 0.122. The Kier molecular flexibility index (Phi) is 3.20. The molecule has 94 valence electrons. The fourth-order valence-electron chi connectivity index (χ4n) is 1.95. The highest BCUT2D eigenvalue weighted by atomic mass is 35.5. The van der Waals surface area contributed by atoms with Gasteiger partial charge >= 0.3 is 0 Å². The van der Waals surface area contributed by atoms with Crippen LogP contribution in [0.2, 0.25) is 10.3 Å². The summed E-state index contributed by atoms with van der Waals surface area (Å²) >= 11 is 11.9. The average molecular weight is 285 g/mol. The van der Waals surface area contributed by atoms with Gasteiger partial charge in [-0.3, -0.25) is 0 Å². The van der Waals surface area contributed by atoms with Crippen LogP contribution in [0, 0.1) is 0 Å². The number of hydrogen-bond acceptors (Lipinski definition) is 5. The topological polar surface area (TPSA) is 51.1 Å². The SMILES string of the molecule is Clc1cnc2c(N3CCOCC3)nc(Cl)nc2c1. The molecule has 0 bridgehead atoms. The number of nitrogens with zero attached hydrogens (tertiary/aromatic N) is 4. The van der Waals surface area contributed by atoms with E-state index in [-0.39, 0.29) is 5.28 Å². The molecule has 5 nitrogen and oxygen atoms in total. The molecule has 0 aromatic carbocycles. The Balaban J connectivity index is 2.14. The molecule has 2 aromatic heterocycles. The largest absolute Gasteiger partial charge is 0.378 e. The third kappa shape index (κ3) is 2.21. The van der Waals surface area contributed by atoms with Crippen LogP contribution in [-0.4, -0.2) is 41.3 Å². The van der Waals surface area contributed by atoms with E-state index in [1.165, 1.54) is 0 Å². The van der Waals surface area contributed by atoms with Crippen LogP contribution in [0.1, 0.15) is 0 Å². The van der Waals surface area contributed by atoms with Crippen molar-refractivity contribution in [1.29, 1.82) is 0 Å². The minimum atomic E-state index is 0.202. The number of anilines is 1. The zero-order valence-electron chi connectivity index (χ0n) is 9.44.